The molecule has 1 amide bonds. The highest BCUT2D eigenvalue weighted by atomic mass is 32.2. The number of carbonyl (C=O) groups is 1. The Bertz CT molecular complexity index is 804. The zero-order chi connectivity index (χ0) is 19.4. The van der Waals surface area contributed by atoms with E-state index in [1.165, 1.54) is 0 Å². The number of aliphatic hydroxyl groups excluding tert-OH is 1. The van der Waals surface area contributed by atoms with Gasteiger partial charge in [0.15, 0.2) is 18.1 Å². The lowest BCUT2D eigenvalue weighted by atomic mass is 10.0. The number of fused-ring (bicyclic) bond motifs is 1. The van der Waals surface area contributed by atoms with Gasteiger partial charge in [0.05, 0.1) is 6.10 Å². The highest BCUT2D eigenvalue weighted by Crippen LogP contribution is 2.41. The molecule has 0 bridgehead atoms. The maximum atomic E-state index is 12.1. The number of rotatable bonds is 7. The van der Waals surface area contributed by atoms with Crippen LogP contribution in [0.15, 0.2) is 47.4 Å². The van der Waals surface area contributed by atoms with Gasteiger partial charge in [0.1, 0.15) is 5.60 Å². The molecular formula is C21H25NO4S. The molecule has 0 aromatic heterocycles. The van der Waals surface area contributed by atoms with Gasteiger partial charge in [-0.1, -0.05) is 24.3 Å². The van der Waals surface area contributed by atoms with Crippen molar-refractivity contribution in [3.63, 3.8) is 0 Å². The van der Waals surface area contributed by atoms with E-state index in [9.17, 15) is 9.90 Å². The number of thioether (sulfide) groups is 1. The van der Waals surface area contributed by atoms with Crippen LogP contribution < -0.4 is 14.8 Å². The van der Waals surface area contributed by atoms with Gasteiger partial charge in [-0.05, 0) is 43.9 Å². The van der Waals surface area contributed by atoms with Crippen LogP contribution in [0.1, 0.15) is 31.1 Å². The van der Waals surface area contributed by atoms with E-state index >= 15 is 0 Å². The number of nitrogens with one attached hydrogen (secondary N) is 1. The van der Waals surface area contributed by atoms with Gasteiger partial charge in [0, 0.05) is 23.4 Å². The van der Waals surface area contributed by atoms with Crippen LogP contribution in [0.2, 0.25) is 0 Å². The lowest BCUT2D eigenvalue weighted by Gasteiger charge is -2.18. The standard InChI is InChI=1S/C21H25NO4S/c1-21(2)11-15-5-4-6-18(20(15)26-21)25-13-19(24)22-12-17(23)14-7-9-16(27-3)10-8-14/h4-10,17,23H,11-13H2,1-3H3,(H,22,24). The van der Waals surface area contributed by atoms with E-state index in [2.05, 4.69) is 5.32 Å². The highest BCUT2D eigenvalue weighted by Gasteiger charge is 2.32. The van der Waals surface area contributed by atoms with Crippen molar-refractivity contribution in [1.82, 2.24) is 5.32 Å². The van der Waals surface area contributed by atoms with Crippen LogP contribution in [-0.2, 0) is 11.2 Å². The number of aliphatic hydroxyl groups is 1. The van der Waals surface area contributed by atoms with Crippen LogP contribution >= 0.6 is 11.8 Å². The molecule has 1 atom stereocenters. The Morgan fingerprint density at radius 2 is 2.04 bits per heavy atom. The number of carbonyl (C=O) groups excluding carboxylic acids is 1. The van der Waals surface area contributed by atoms with Crippen LogP contribution in [0.4, 0.5) is 0 Å². The topological polar surface area (TPSA) is 67.8 Å². The van der Waals surface area contributed by atoms with Gasteiger partial charge in [-0.15, -0.1) is 11.8 Å². The first-order chi connectivity index (χ1) is 12.9. The molecule has 3 rings (SSSR count). The zero-order valence-electron chi connectivity index (χ0n) is 15.8. The van der Waals surface area contributed by atoms with Crippen molar-refractivity contribution in [2.24, 2.45) is 0 Å². The van der Waals surface area contributed by atoms with Crippen molar-refractivity contribution in [1.29, 1.82) is 0 Å². The van der Waals surface area contributed by atoms with Crippen molar-refractivity contribution in [3.05, 3.63) is 53.6 Å². The monoisotopic (exact) mass is 387 g/mol. The molecule has 0 saturated carbocycles. The first kappa shape index (κ1) is 19.6. The van der Waals surface area contributed by atoms with Crippen LogP contribution in [0.5, 0.6) is 11.5 Å². The Balaban J connectivity index is 1.50. The predicted molar refractivity (Wildman–Crippen MR) is 107 cm³/mol. The number of hydrogen-bond acceptors (Lipinski definition) is 5. The first-order valence-corrected chi connectivity index (χ1v) is 10.1. The molecule has 0 radical (unpaired) electrons. The quantitative estimate of drug-likeness (QED) is 0.713. The second-order valence-electron chi connectivity index (χ2n) is 7.16. The fourth-order valence-electron chi connectivity index (χ4n) is 3.05. The molecule has 6 heteroatoms. The van der Waals surface area contributed by atoms with Crippen molar-refractivity contribution in [2.45, 2.75) is 36.9 Å². The summed E-state index contributed by atoms with van der Waals surface area (Å²) in [6, 6.07) is 13.3. The third kappa shape index (κ3) is 4.96. The molecule has 1 unspecified atom stereocenters. The number of amides is 1. The van der Waals surface area contributed by atoms with Crippen molar-refractivity contribution < 1.29 is 19.4 Å². The van der Waals surface area contributed by atoms with Crippen molar-refractivity contribution >= 4 is 17.7 Å². The fourth-order valence-corrected chi connectivity index (χ4v) is 3.46. The molecule has 144 valence electrons. The number of ether oxygens (including phenoxy) is 2. The third-order valence-corrected chi connectivity index (χ3v) is 5.15. The molecule has 0 spiro atoms. The summed E-state index contributed by atoms with van der Waals surface area (Å²) < 4.78 is 11.6. The van der Waals surface area contributed by atoms with Crippen LogP contribution in [0.25, 0.3) is 0 Å². The Morgan fingerprint density at radius 3 is 2.74 bits per heavy atom. The smallest absolute Gasteiger partial charge is 0.258 e. The average Bonchev–Trinajstić information content (AvgIpc) is 2.98. The van der Waals surface area contributed by atoms with E-state index < -0.39 is 6.10 Å². The van der Waals surface area contributed by atoms with E-state index in [-0.39, 0.29) is 24.7 Å². The van der Waals surface area contributed by atoms with E-state index in [0.717, 1.165) is 22.4 Å². The molecule has 0 saturated heterocycles. The van der Waals surface area contributed by atoms with Gasteiger partial charge < -0.3 is 19.9 Å². The fraction of sp³-hybridized carbons (Fsp3) is 0.381. The Hall–Kier alpha value is -2.18. The normalized spacial score (nSPS) is 15.6. The predicted octanol–water partition coefficient (Wildman–Crippen LogP) is 3.35. The first-order valence-electron chi connectivity index (χ1n) is 8.90. The van der Waals surface area contributed by atoms with Gasteiger partial charge >= 0.3 is 0 Å². The van der Waals surface area contributed by atoms with Crippen LogP contribution in [0, 0.1) is 0 Å². The Labute approximate surface area is 164 Å². The maximum absolute atomic E-state index is 12.1. The molecule has 0 aliphatic carbocycles. The molecule has 2 aromatic carbocycles. The number of para-hydroxylation sites is 1. The molecule has 27 heavy (non-hydrogen) atoms. The maximum Gasteiger partial charge on any atom is 0.258 e. The second kappa shape index (κ2) is 8.23. The summed E-state index contributed by atoms with van der Waals surface area (Å²) in [6.07, 6.45) is 2.06. The van der Waals surface area contributed by atoms with Gasteiger partial charge in [-0.3, -0.25) is 4.79 Å². The SMILES string of the molecule is CSc1ccc(C(O)CNC(=O)COc2cccc3c2OC(C)(C)C3)cc1. The van der Waals surface area contributed by atoms with E-state index in [4.69, 9.17) is 9.47 Å². The van der Waals surface area contributed by atoms with Crippen molar-refractivity contribution in [3.8, 4) is 11.5 Å². The summed E-state index contributed by atoms with van der Waals surface area (Å²) in [5.74, 6) is 0.996. The minimum absolute atomic E-state index is 0.127. The van der Waals surface area contributed by atoms with Crippen LogP contribution in [0.3, 0.4) is 0 Å². The van der Waals surface area contributed by atoms with E-state index in [1.54, 1.807) is 17.8 Å². The molecule has 2 aromatic rings. The molecule has 2 N–H and O–H groups in total. The highest BCUT2D eigenvalue weighted by molar-refractivity contribution is 7.98. The minimum Gasteiger partial charge on any atom is -0.483 e. The summed E-state index contributed by atoms with van der Waals surface area (Å²) in [6.45, 7) is 4.06. The van der Waals surface area contributed by atoms with Gasteiger partial charge in [-0.25, -0.2) is 0 Å². The van der Waals surface area contributed by atoms with E-state index in [0.29, 0.717) is 11.5 Å². The van der Waals surface area contributed by atoms with E-state index in [1.807, 2.05) is 56.5 Å². The summed E-state index contributed by atoms with van der Waals surface area (Å²) in [5.41, 5.74) is 1.59. The summed E-state index contributed by atoms with van der Waals surface area (Å²) in [4.78, 5) is 13.2. The lowest BCUT2D eigenvalue weighted by molar-refractivity contribution is -0.123. The summed E-state index contributed by atoms with van der Waals surface area (Å²) in [7, 11) is 0. The molecule has 1 aliphatic heterocycles. The minimum atomic E-state index is -0.755. The molecule has 0 fully saturated rings. The number of benzene rings is 2. The van der Waals surface area contributed by atoms with Gasteiger partial charge in [0.25, 0.3) is 5.91 Å². The molecule has 1 aliphatic rings. The second-order valence-corrected chi connectivity index (χ2v) is 8.04. The number of hydrogen-bond donors (Lipinski definition) is 2. The van der Waals surface area contributed by atoms with Crippen molar-refractivity contribution in [2.75, 3.05) is 19.4 Å². The van der Waals surface area contributed by atoms with Gasteiger partial charge in [0.2, 0.25) is 0 Å². The zero-order valence-corrected chi connectivity index (χ0v) is 16.6. The Morgan fingerprint density at radius 1 is 1.30 bits per heavy atom. The lowest BCUT2D eigenvalue weighted by Crippen LogP contribution is -2.32. The largest absolute Gasteiger partial charge is 0.483 e. The van der Waals surface area contributed by atoms with Crippen LogP contribution in [-0.4, -0.2) is 36.0 Å². The van der Waals surface area contributed by atoms with Gasteiger partial charge in [-0.2, -0.15) is 0 Å². The average molecular weight is 388 g/mol. The summed E-state index contributed by atoms with van der Waals surface area (Å²) in [5, 5.41) is 12.9. The third-order valence-electron chi connectivity index (χ3n) is 4.41. The summed E-state index contributed by atoms with van der Waals surface area (Å²) >= 11 is 1.64. The molecule has 5 nitrogen and oxygen atoms in total. The Kier molecular flexibility index (Phi) is 5.97. The molecular weight excluding hydrogens is 362 g/mol. The molecule has 1 heterocycles.